The molecule has 0 aromatic carbocycles. The van der Waals surface area contributed by atoms with Gasteiger partial charge in [0.05, 0.1) is 0 Å². The van der Waals surface area contributed by atoms with Gasteiger partial charge in [0.1, 0.15) is 0 Å². The molecule has 1 N–H and O–H groups in total. The van der Waals surface area contributed by atoms with E-state index in [0.717, 1.165) is 12.5 Å². The highest BCUT2D eigenvalue weighted by molar-refractivity contribution is 5.32. The zero-order valence-electron chi connectivity index (χ0n) is 8.83. The first-order chi connectivity index (χ1) is 6.63. The summed E-state index contributed by atoms with van der Waals surface area (Å²) in [4.78, 5) is 4.28. The number of hydrogen-bond acceptors (Lipinski definition) is 2. The van der Waals surface area contributed by atoms with Gasteiger partial charge in [-0.15, -0.1) is 6.58 Å². The molecule has 0 radical (unpaired) electrons. The van der Waals surface area contributed by atoms with E-state index in [1.165, 1.54) is 6.42 Å². The highest BCUT2D eigenvalue weighted by Crippen LogP contribution is 2.46. The molecule has 2 rings (SSSR count). The van der Waals surface area contributed by atoms with Crippen molar-refractivity contribution in [2.75, 3.05) is 5.32 Å². The van der Waals surface area contributed by atoms with Crippen LogP contribution in [0, 0.1) is 5.41 Å². The van der Waals surface area contributed by atoms with E-state index in [2.05, 4.69) is 35.3 Å². The van der Waals surface area contributed by atoms with Gasteiger partial charge in [-0.2, -0.15) is 0 Å². The summed E-state index contributed by atoms with van der Waals surface area (Å²) in [6.07, 6.45) is 6.90. The Balaban J connectivity index is 2.02. The number of aromatic nitrogens is 2. The summed E-state index contributed by atoms with van der Waals surface area (Å²) in [5.74, 6) is 0.959. The van der Waals surface area contributed by atoms with E-state index >= 15 is 0 Å². The van der Waals surface area contributed by atoms with Crippen molar-refractivity contribution in [3.8, 4) is 0 Å². The van der Waals surface area contributed by atoms with Gasteiger partial charge in [-0.3, -0.25) is 0 Å². The summed E-state index contributed by atoms with van der Waals surface area (Å²) in [7, 11) is 0. The van der Waals surface area contributed by atoms with Crippen molar-refractivity contribution in [2.24, 2.45) is 5.41 Å². The Labute approximate surface area is 84.8 Å². The van der Waals surface area contributed by atoms with E-state index in [1.807, 2.05) is 18.5 Å². The molecule has 3 heteroatoms. The van der Waals surface area contributed by atoms with Crippen molar-refractivity contribution < 1.29 is 0 Å². The summed E-state index contributed by atoms with van der Waals surface area (Å²) < 4.78 is 2.07. The van der Waals surface area contributed by atoms with Crippen molar-refractivity contribution in [3.05, 3.63) is 25.0 Å². The molecule has 1 saturated carbocycles. The first-order valence-corrected chi connectivity index (χ1v) is 5.02. The van der Waals surface area contributed by atoms with Gasteiger partial charge in [-0.25, -0.2) is 4.98 Å². The van der Waals surface area contributed by atoms with Gasteiger partial charge in [-0.05, 0) is 11.8 Å². The van der Waals surface area contributed by atoms with Gasteiger partial charge < -0.3 is 9.88 Å². The second-order valence-corrected chi connectivity index (χ2v) is 4.58. The van der Waals surface area contributed by atoms with Gasteiger partial charge in [0.2, 0.25) is 5.95 Å². The molecule has 14 heavy (non-hydrogen) atoms. The van der Waals surface area contributed by atoms with Crippen LogP contribution in [0.2, 0.25) is 0 Å². The highest BCUT2D eigenvalue weighted by Gasteiger charge is 2.46. The van der Waals surface area contributed by atoms with E-state index in [0.29, 0.717) is 11.5 Å². The smallest absolute Gasteiger partial charge is 0.203 e. The Kier molecular flexibility index (Phi) is 2.10. The number of imidazole rings is 1. The third-order valence-electron chi connectivity index (χ3n) is 2.86. The molecule has 0 aliphatic heterocycles. The van der Waals surface area contributed by atoms with Crippen LogP contribution in [0.1, 0.15) is 20.3 Å². The Morgan fingerprint density at radius 3 is 3.07 bits per heavy atom. The summed E-state index contributed by atoms with van der Waals surface area (Å²) in [6.45, 7) is 9.08. The first kappa shape index (κ1) is 9.31. The molecule has 0 amide bonds. The zero-order valence-corrected chi connectivity index (χ0v) is 8.83. The maximum absolute atomic E-state index is 4.28. The van der Waals surface area contributed by atoms with Crippen molar-refractivity contribution in [2.45, 2.75) is 32.9 Å². The highest BCUT2D eigenvalue weighted by atomic mass is 15.2. The van der Waals surface area contributed by atoms with Gasteiger partial charge >= 0.3 is 0 Å². The number of nitrogens with one attached hydrogen (secondary N) is 1. The normalized spacial score (nSPS) is 23.1. The van der Waals surface area contributed by atoms with Crippen LogP contribution >= 0.6 is 0 Å². The largest absolute Gasteiger partial charge is 0.352 e. The Bertz CT molecular complexity index is 338. The van der Waals surface area contributed by atoms with Gasteiger partial charge in [-0.1, -0.05) is 19.9 Å². The van der Waals surface area contributed by atoms with Gasteiger partial charge in [0.15, 0.2) is 0 Å². The maximum atomic E-state index is 4.28. The molecule has 0 spiro atoms. The van der Waals surface area contributed by atoms with Crippen molar-refractivity contribution in [3.63, 3.8) is 0 Å². The van der Waals surface area contributed by atoms with Crippen LogP contribution in [0.4, 0.5) is 5.95 Å². The van der Waals surface area contributed by atoms with Gasteiger partial charge in [0.25, 0.3) is 0 Å². The second-order valence-electron chi connectivity index (χ2n) is 4.58. The monoisotopic (exact) mass is 191 g/mol. The molecule has 1 aromatic rings. The van der Waals surface area contributed by atoms with Crippen LogP contribution in [-0.2, 0) is 6.54 Å². The van der Waals surface area contributed by atoms with Crippen molar-refractivity contribution in [1.29, 1.82) is 0 Å². The average Bonchev–Trinajstić information content (AvgIpc) is 2.55. The second kappa shape index (κ2) is 3.15. The lowest BCUT2D eigenvalue weighted by atomic mass is 10.2. The maximum Gasteiger partial charge on any atom is 0.203 e. The molecule has 1 fully saturated rings. The lowest BCUT2D eigenvalue weighted by molar-refractivity contribution is 0.626. The molecule has 3 nitrogen and oxygen atoms in total. The van der Waals surface area contributed by atoms with Crippen LogP contribution < -0.4 is 5.32 Å². The van der Waals surface area contributed by atoms with Crippen LogP contribution in [-0.4, -0.2) is 15.6 Å². The number of anilines is 1. The molecule has 76 valence electrons. The Morgan fingerprint density at radius 2 is 2.50 bits per heavy atom. The van der Waals surface area contributed by atoms with E-state index in [-0.39, 0.29) is 0 Å². The van der Waals surface area contributed by atoms with Crippen LogP contribution in [0.25, 0.3) is 0 Å². The lowest BCUT2D eigenvalue weighted by Gasteiger charge is -2.09. The fourth-order valence-electron chi connectivity index (χ4n) is 1.61. The molecule has 1 aliphatic carbocycles. The van der Waals surface area contributed by atoms with E-state index in [1.54, 1.807) is 0 Å². The molecule has 1 heterocycles. The van der Waals surface area contributed by atoms with Gasteiger partial charge in [0, 0.05) is 25.0 Å². The Morgan fingerprint density at radius 1 is 1.79 bits per heavy atom. The minimum absolute atomic E-state index is 0.435. The fraction of sp³-hybridized carbons (Fsp3) is 0.545. The van der Waals surface area contributed by atoms with E-state index < -0.39 is 0 Å². The molecule has 1 aliphatic rings. The predicted molar refractivity (Wildman–Crippen MR) is 58.2 cm³/mol. The molecule has 1 unspecified atom stereocenters. The quantitative estimate of drug-likeness (QED) is 0.740. The molecular formula is C11H17N3. The van der Waals surface area contributed by atoms with Crippen molar-refractivity contribution in [1.82, 2.24) is 9.55 Å². The predicted octanol–water partition coefficient (Wildman–Crippen LogP) is 2.28. The number of allylic oxidation sites excluding steroid dienone is 1. The zero-order chi connectivity index (χ0) is 10.2. The fourth-order valence-corrected chi connectivity index (χ4v) is 1.61. The summed E-state index contributed by atoms with van der Waals surface area (Å²) in [5.41, 5.74) is 0.435. The van der Waals surface area contributed by atoms with Crippen molar-refractivity contribution >= 4 is 5.95 Å². The van der Waals surface area contributed by atoms with Crippen LogP contribution in [0.15, 0.2) is 25.0 Å². The molecule has 1 atom stereocenters. The van der Waals surface area contributed by atoms with E-state index in [9.17, 15) is 0 Å². The summed E-state index contributed by atoms with van der Waals surface area (Å²) in [6, 6.07) is 0.577. The standard InChI is InChI=1S/C11H17N3/c1-4-6-14-7-5-12-10(14)13-9-8-11(9,2)3/h4-5,7,9H,1,6,8H2,2-3H3,(H,12,13). The number of nitrogens with zero attached hydrogens (tertiary/aromatic N) is 2. The third kappa shape index (κ3) is 1.67. The topological polar surface area (TPSA) is 29.9 Å². The summed E-state index contributed by atoms with van der Waals surface area (Å²) >= 11 is 0. The Hall–Kier alpha value is -1.25. The third-order valence-corrected chi connectivity index (χ3v) is 2.86. The number of rotatable bonds is 4. The van der Waals surface area contributed by atoms with Crippen LogP contribution in [0.5, 0.6) is 0 Å². The minimum atomic E-state index is 0.435. The summed E-state index contributed by atoms with van der Waals surface area (Å²) in [5, 5.41) is 3.44. The molecule has 0 saturated heterocycles. The molecule has 0 bridgehead atoms. The molecular weight excluding hydrogens is 174 g/mol. The minimum Gasteiger partial charge on any atom is -0.352 e. The first-order valence-electron chi connectivity index (χ1n) is 5.02. The van der Waals surface area contributed by atoms with E-state index in [4.69, 9.17) is 0 Å². The molecule has 1 aromatic heterocycles. The van der Waals surface area contributed by atoms with Crippen LogP contribution in [0.3, 0.4) is 0 Å². The average molecular weight is 191 g/mol. The number of hydrogen-bond donors (Lipinski definition) is 1. The SMILES string of the molecule is C=CCn1ccnc1NC1CC1(C)C. The lowest BCUT2D eigenvalue weighted by Crippen LogP contribution is -2.12.